The van der Waals surface area contributed by atoms with Crippen molar-refractivity contribution in [2.75, 3.05) is 13.1 Å². The monoisotopic (exact) mass is 352 g/mol. The maximum absolute atomic E-state index is 12.1. The molecule has 2 aromatic carbocycles. The first-order valence-corrected chi connectivity index (χ1v) is 8.57. The topological polar surface area (TPSA) is 92.1 Å². The van der Waals surface area contributed by atoms with Crippen molar-refractivity contribution in [3.63, 3.8) is 0 Å². The van der Waals surface area contributed by atoms with Crippen LogP contribution in [0.4, 0.5) is 0 Å². The number of carbonyl (C=O) groups excluding carboxylic acids is 1. The summed E-state index contributed by atoms with van der Waals surface area (Å²) in [5, 5.41) is 9.35. The lowest BCUT2D eigenvalue weighted by Gasteiger charge is -2.16. The Bertz CT molecular complexity index is 1130. The number of rotatable bonds is 3. The van der Waals surface area contributed by atoms with Crippen molar-refractivity contribution in [3.05, 3.63) is 77.6 Å². The SMILES string of the molecule is N#Cc1ccccc1-c1cncc(-c2ccc3c(c2)C(CN)=NCC3=O)c1. The fourth-order valence-electron chi connectivity index (χ4n) is 3.30. The van der Waals surface area contributed by atoms with Gasteiger partial charge in [-0.05, 0) is 23.8 Å². The van der Waals surface area contributed by atoms with Crippen LogP contribution in [0.5, 0.6) is 0 Å². The summed E-state index contributed by atoms with van der Waals surface area (Å²) < 4.78 is 0. The Morgan fingerprint density at radius 2 is 1.78 bits per heavy atom. The molecule has 0 amide bonds. The molecule has 0 spiro atoms. The van der Waals surface area contributed by atoms with Gasteiger partial charge in [0.2, 0.25) is 0 Å². The van der Waals surface area contributed by atoms with Gasteiger partial charge in [-0.3, -0.25) is 14.8 Å². The number of pyridine rings is 1. The fraction of sp³-hybridized carbons (Fsp3) is 0.0909. The maximum atomic E-state index is 12.1. The van der Waals surface area contributed by atoms with Gasteiger partial charge in [-0.2, -0.15) is 5.26 Å². The number of carbonyl (C=O) groups is 1. The van der Waals surface area contributed by atoms with E-state index >= 15 is 0 Å². The number of hydrogen-bond donors (Lipinski definition) is 1. The van der Waals surface area contributed by atoms with Gasteiger partial charge in [0.05, 0.1) is 17.3 Å². The Morgan fingerprint density at radius 1 is 0.963 bits per heavy atom. The van der Waals surface area contributed by atoms with Crippen molar-refractivity contribution in [1.82, 2.24) is 4.98 Å². The van der Waals surface area contributed by atoms with Crippen LogP contribution in [0.1, 0.15) is 21.5 Å². The van der Waals surface area contributed by atoms with Crippen LogP contribution >= 0.6 is 0 Å². The Hall–Kier alpha value is -3.62. The number of fused-ring (bicyclic) bond motifs is 1. The molecule has 1 aromatic heterocycles. The predicted molar refractivity (Wildman–Crippen MR) is 105 cm³/mol. The Balaban J connectivity index is 1.81. The highest BCUT2D eigenvalue weighted by atomic mass is 16.1. The zero-order chi connectivity index (χ0) is 18.8. The highest BCUT2D eigenvalue weighted by molar-refractivity contribution is 6.16. The predicted octanol–water partition coefficient (Wildman–Crippen LogP) is 3.23. The van der Waals surface area contributed by atoms with Crippen LogP contribution in [0, 0.1) is 11.3 Å². The van der Waals surface area contributed by atoms with Gasteiger partial charge in [0.25, 0.3) is 0 Å². The van der Waals surface area contributed by atoms with Crippen molar-refractivity contribution in [2.24, 2.45) is 10.7 Å². The molecule has 1 aliphatic rings. The third-order valence-corrected chi connectivity index (χ3v) is 4.67. The van der Waals surface area contributed by atoms with E-state index in [-0.39, 0.29) is 18.9 Å². The Labute approximate surface area is 156 Å². The van der Waals surface area contributed by atoms with Crippen LogP contribution in [-0.2, 0) is 0 Å². The van der Waals surface area contributed by atoms with Gasteiger partial charge in [-0.1, -0.05) is 30.3 Å². The summed E-state index contributed by atoms with van der Waals surface area (Å²) in [6, 6.07) is 17.3. The second-order valence-electron chi connectivity index (χ2n) is 6.27. The molecule has 5 nitrogen and oxygen atoms in total. The van der Waals surface area contributed by atoms with Crippen molar-refractivity contribution >= 4 is 11.5 Å². The summed E-state index contributed by atoms with van der Waals surface area (Å²) in [5.74, 6) is 0.00331. The molecule has 0 radical (unpaired) electrons. The van der Waals surface area contributed by atoms with E-state index < -0.39 is 0 Å². The number of Topliss-reactive ketones (excluding diaryl/α,β-unsaturated/α-hetero) is 1. The molecule has 130 valence electrons. The van der Waals surface area contributed by atoms with Crippen molar-refractivity contribution in [1.29, 1.82) is 5.26 Å². The summed E-state index contributed by atoms with van der Waals surface area (Å²) in [6.45, 7) is 0.443. The average Bonchev–Trinajstić information content (AvgIpc) is 2.74. The van der Waals surface area contributed by atoms with Crippen molar-refractivity contribution in [3.8, 4) is 28.3 Å². The van der Waals surface area contributed by atoms with Gasteiger partial charge >= 0.3 is 0 Å². The molecule has 27 heavy (non-hydrogen) atoms. The van der Waals surface area contributed by atoms with E-state index in [1.54, 1.807) is 18.5 Å². The van der Waals surface area contributed by atoms with Gasteiger partial charge in [0.1, 0.15) is 6.54 Å². The van der Waals surface area contributed by atoms with Crippen molar-refractivity contribution < 1.29 is 4.79 Å². The normalized spacial score (nSPS) is 12.9. The molecule has 1 aliphatic heterocycles. The van der Waals surface area contributed by atoms with E-state index in [0.29, 0.717) is 11.1 Å². The minimum Gasteiger partial charge on any atom is -0.325 e. The average molecular weight is 352 g/mol. The van der Waals surface area contributed by atoms with E-state index in [9.17, 15) is 10.1 Å². The molecule has 3 aromatic rings. The number of nitrogens with zero attached hydrogens (tertiary/aromatic N) is 3. The summed E-state index contributed by atoms with van der Waals surface area (Å²) in [7, 11) is 0. The lowest BCUT2D eigenvalue weighted by Crippen LogP contribution is -2.24. The molecular weight excluding hydrogens is 336 g/mol. The quantitative estimate of drug-likeness (QED) is 0.783. The first-order valence-electron chi connectivity index (χ1n) is 8.57. The van der Waals surface area contributed by atoms with E-state index in [1.165, 1.54) is 0 Å². The molecule has 0 saturated heterocycles. The standard InChI is InChI=1S/C22H16N4O/c23-9-15-3-1-2-4-18(15)17-7-16(11-25-12-17)14-5-6-19-20(8-14)21(10-24)26-13-22(19)27/h1-8,11-12H,10,13,24H2. The second-order valence-corrected chi connectivity index (χ2v) is 6.27. The van der Waals surface area contributed by atoms with Gasteiger partial charge in [-0.25, -0.2) is 0 Å². The number of ketones is 1. The van der Waals surface area contributed by atoms with Crippen molar-refractivity contribution in [2.45, 2.75) is 0 Å². The van der Waals surface area contributed by atoms with Crippen LogP contribution in [0.15, 0.2) is 65.9 Å². The van der Waals surface area contributed by atoms with E-state index in [0.717, 1.165) is 33.5 Å². The number of nitrogens with two attached hydrogens (primary N) is 1. The smallest absolute Gasteiger partial charge is 0.184 e. The van der Waals surface area contributed by atoms with Crippen LogP contribution < -0.4 is 5.73 Å². The summed E-state index contributed by atoms with van der Waals surface area (Å²) in [6.07, 6.45) is 3.51. The molecule has 0 atom stereocenters. The summed E-state index contributed by atoms with van der Waals surface area (Å²) in [5.41, 5.74) is 12.1. The van der Waals surface area contributed by atoms with E-state index in [2.05, 4.69) is 16.0 Å². The van der Waals surface area contributed by atoms with Crippen LogP contribution in [0.25, 0.3) is 22.3 Å². The largest absolute Gasteiger partial charge is 0.325 e. The minimum atomic E-state index is 0.00331. The Kier molecular flexibility index (Phi) is 4.33. The number of aliphatic imine (C=N–C) groups is 1. The number of nitriles is 1. The molecular formula is C22H16N4O. The lowest BCUT2D eigenvalue weighted by molar-refractivity contribution is 0.1000. The zero-order valence-electron chi connectivity index (χ0n) is 14.5. The number of aromatic nitrogens is 1. The van der Waals surface area contributed by atoms with Gasteiger partial charge in [-0.15, -0.1) is 0 Å². The molecule has 0 fully saturated rings. The van der Waals surface area contributed by atoms with E-state index in [4.69, 9.17) is 5.73 Å². The molecule has 0 unspecified atom stereocenters. The molecule has 0 aliphatic carbocycles. The highest BCUT2D eigenvalue weighted by Crippen LogP contribution is 2.29. The Morgan fingerprint density at radius 3 is 2.59 bits per heavy atom. The molecule has 2 heterocycles. The molecule has 5 heteroatoms. The number of benzene rings is 2. The summed E-state index contributed by atoms with van der Waals surface area (Å²) in [4.78, 5) is 20.7. The zero-order valence-corrected chi connectivity index (χ0v) is 14.5. The minimum absolute atomic E-state index is 0.00331. The van der Waals surface area contributed by atoms with Gasteiger partial charge < -0.3 is 5.73 Å². The highest BCUT2D eigenvalue weighted by Gasteiger charge is 2.20. The summed E-state index contributed by atoms with van der Waals surface area (Å²) >= 11 is 0. The third kappa shape index (κ3) is 3.03. The fourth-order valence-corrected chi connectivity index (χ4v) is 3.30. The first-order chi connectivity index (χ1) is 13.2. The van der Waals surface area contributed by atoms with Crippen LogP contribution in [0.3, 0.4) is 0 Å². The molecule has 0 saturated carbocycles. The lowest BCUT2D eigenvalue weighted by atomic mass is 9.92. The third-order valence-electron chi connectivity index (χ3n) is 4.67. The molecule has 4 rings (SSSR count). The molecule has 2 N–H and O–H groups in total. The van der Waals surface area contributed by atoms with Crippen LogP contribution in [0.2, 0.25) is 0 Å². The number of hydrogen-bond acceptors (Lipinski definition) is 5. The van der Waals surface area contributed by atoms with Crippen LogP contribution in [-0.4, -0.2) is 29.6 Å². The van der Waals surface area contributed by atoms with Gasteiger partial charge in [0, 0.05) is 46.8 Å². The van der Waals surface area contributed by atoms with E-state index in [1.807, 2.05) is 42.5 Å². The maximum Gasteiger partial charge on any atom is 0.184 e. The first kappa shape index (κ1) is 16.8. The molecule has 0 bridgehead atoms. The second kappa shape index (κ2) is 6.94. The van der Waals surface area contributed by atoms with Gasteiger partial charge in [0.15, 0.2) is 5.78 Å².